The molecule has 3 aromatic rings. The zero-order valence-corrected chi connectivity index (χ0v) is 18.5. The Labute approximate surface area is 197 Å². The number of hydrogen-bond acceptors (Lipinski definition) is 7. The molecule has 0 aromatic heterocycles. The molecule has 174 valence electrons. The summed E-state index contributed by atoms with van der Waals surface area (Å²) in [7, 11) is 0. The van der Waals surface area contributed by atoms with Crippen LogP contribution in [0.1, 0.15) is 44.4 Å². The molecule has 4 rings (SSSR count). The van der Waals surface area contributed by atoms with E-state index in [2.05, 4.69) is 0 Å². The van der Waals surface area contributed by atoms with E-state index in [4.69, 9.17) is 18.9 Å². The summed E-state index contributed by atoms with van der Waals surface area (Å²) in [6.07, 6.45) is -3.49. The first kappa shape index (κ1) is 23.2. The smallest absolute Gasteiger partial charge is 0.340 e. The van der Waals surface area contributed by atoms with Crippen LogP contribution < -0.4 is 0 Å². The highest BCUT2D eigenvalue weighted by atomic mass is 16.7. The standard InChI is InChI=1S/C27H24O7/c1-18-17-22(32-24(28)19-11-5-2-6-12-19)23(33-25(29)20-13-7-3-8-14-20)27(31-18)34-26(30)21-15-9-4-10-16-21/h2-16,18,22-23,27H,17H2,1H3/t18-,22-,23+,27-/m0/s1. The van der Waals surface area contributed by atoms with Crippen molar-refractivity contribution in [2.45, 2.75) is 37.9 Å². The number of carbonyl (C=O) groups is 3. The zero-order valence-electron chi connectivity index (χ0n) is 18.5. The van der Waals surface area contributed by atoms with E-state index >= 15 is 0 Å². The number of esters is 3. The van der Waals surface area contributed by atoms with Gasteiger partial charge in [0.25, 0.3) is 0 Å². The van der Waals surface area contributed by atoms with Crippen LogP contribution in [0.15, 0.2) is 91.0 Å². The molecule has 1 aliphatic heterocycles. The van der Waals surface area contributed by atoms with Crippen molar-refractivity contribution in [1.82, 2.24) is 0 Å². The molecule has 1 fully saturated rings. The van der Waals surface area contributed by atoms with Gasteiger partial charge in [-0.3, -0.25) is 0 Å². The van der Waals surface area contributed by atoms with Crippen molar-refractivity contribution < 1.29 is 33.3 Å². The fraction of sp³-hybridized carbons (Fsp3) is 0.222. The summed E-state index contributed by atoms with van der Waals surface area (Å²) in [6.45, 7) is 1.77. The van der Waals surface area contributed by atoms with Crippen LogP contribution in [0.3, 0.4) is 0 Å². The summed E-state index contributed by atoms with van der Waals surface area (Å²) in [5.74, 6) is -1.87. The van der Waals surface area contributed by atoms with Gasteiger partial charge in [-0.1, -0.05) is 54.6 Å². The third-order valence-electron chi connectivity index (χ3n) is 5.32. The van der Waals surface area contributed by atoms with Gasteiger partial charge in [-0.25, -0.2) is 14.4 Å². The predicted octanol–water partition coefficient (Wildman–Crippen LogP) is 4.43. The van der Waals surface area contributed by atoms with E-state index in [0.717, 1.165) is 0 Å². The van der Waals surface area contributed by atoms with Crippen molar-refractivity contribution >= 4 is 17.9 Å². The van der Waals surface area contributed by atoms with E-state index in [9.17, 15) is 14.4 Å². The Morgan fingerprint density at radius 3 is 1.53 bits per heavy atom. The minimum atomic E-state index is -1.27. The van der Waals surface area contributed by atoms with Crippen LogP contribution in [-0.4, -0.2) is 42.5 Å². The molecule has 1 saturated heterocycles. The van der Waals surface area contributed by atoms with Gasteiger partial charge in [0, 0.05) is 6.42 Å². The second kappa shape index (κ2) is 10.8. The van der Waals surface area contributed by atoms with Crippen LogP contribution in [0.25, 0.3) is 0 Å². The molecular formula is C27H24O7. The van der Waals surface area contributed by atoms with Crippen molar-refractivity contribution in [2.24, 2.45) is 0 Å². The van der Waals surface area contributed by atoms with Gasteiger partial charge >= 0.3 is 17.9 Å². The minimum absolute atomic E-state index is 0.255. The second-order valence-corrected chi connectivity index (χ2v) is 7.87. The quantitative estimate of drug-likeness (QED) is 0.397. The molecule has 0 bridgehead atoms. The van der Waals surface area contributed by atoms with Crippen LogP contribution >= 0.6 is 0 Å². The topological polar surface area (TPSA) is 88.1 Å². The van der Waals surface area contributed by atoms with E-state index in [1.54, 1.807) is 97.9 Å². The highest BCUT2D eigenvalue weighted by molar-refractivity contribution is 5.91. The number of carbonyl (C=O) groups excluding carboxylic acids is 3. The molecule has 0 radical (unpaired) electrons. The molecule has 0 N–H and O–H groups in total. The Morgan fingerprint density at radius 1 is 0.647 bits per heavy atom. The lowest BCUT2D eigenvalue weighted by molar-refractivity contribution is -0.241. The Bertz CT molecular complexity index is 1050. The highest BCUT2D eigenvalue weighted by Crippen LogP contribution is 2.28. The first-order chi connectivity index (χ1) is 16.5. The number of ether oxygens (including phenoxy) is 4. The van der Waals surface area contributed by atoms with Crippen LogP contribution in [-0.2, 0) is 18.9 Å². The molecule has 0 amide bonds. The summed E-state index contributed by atoms with van der Waals surface area (Å²) in [5, 5.41) is 0. The molecule has 0 unspecified atom stereocenters. The average Bonchev–Trinajstić information content (AvgIpc) is 2.87. The highest BCUT2D eigenvalue weighted by Gasteiger charge is 2.45. The van der Waals surface area contributed by atoms with Crippen LogP contribution in [0.4, 0.5) is 0 Å². The Hall–Kier alpha value is -3.97. The molecule has 1 heterocycles. The molecule has 0 spiro atoms. The molecule has 0 saturated carbocycles. The van der Waals surface area contributed by atoms with Crippen LogP contribution in [0.5, 0.6) is 0 Å². The Balaban J connectivity index is 1.58. The molecular weight excluding hydrogens is 436 g/mol. The SMILES string of the molecule is C[C@H]1C[C@H](OC(=O)c2ccccc2)[C@@H](OC(=O)c2ccccc2)[C@H](OC(=O)c2ccccc2)O1. The molecule has 4 atom stereocenters. The maximum atomic E-state index is 12.8. The predicted molar refractivity (Wildman–Crippen MR) is 122 cm³/mol. The average molecular weight is 460 g/mol. The summed E-state index contributed by atoms with van der Waals surface area (Å²) in [6, 6.07) is 25.3. The normalized spacial score (nSPS) is 21.8. The minimum Gasteiger partial charge on any atom is -0.454 e. The maximum absolute atomic E-state index is 12.8. The molecule has 7 heteroatoms. The summed E-state index contributed by atoms with van der Waals surface area (Å²) >= 11 is 0. The maximum Gasteiger partial charge on any atom is 0.340 e. The first-order valence-corrected chi connectivity index (χ1v) is 10.9. The molecule has 7 nitrogen and oxygen atoms in total. The van der Waals surface area contributed by atoms with Crippen LogP contribution in [0.2, 0.25) is 0 Å². The number of benzene rings is 3. The third kappa shape index (κ3) is 5.68. The van der Waals surface area contributed by atoms with Gasteiger partial charge in [0.1, 0.15) is 6.10 Å². The molecule has 1 aliphatic rings. The summed E-state index contributed by atoms with van der Waals surface area (Å²) in [4.78, 5) is 38.3. The fourth-order valence-corrected chi connectivity index (χ4v) is 3.63. The molecule has 3 aromatic carbocycles. The van der Waals surface area contributed by atoms with Gasteiger partial charge < -0.3 is 18.9 Å². The monoisotopic (exact) mass is 460 g/mol. The molecule has 34 heavy (non-hydrogen) atoms. The van der Waals surface area contributed by atoms with Gasteiger partial charge in [-0.15, -0.1) is 0 Å². The van der Waals surface area contributed by atoms with Crippen molar-refractivity contribution in [1.29, 1.82) is 0 Å². The van der Waals surface area contributed by atoms with Crippen molar-refractivity contribution in [3.63, 3.8) is 0 Å². The van der Waals surface area contributed by atoms with Crippen molar-refractivity contribution in [2.75, 3.05) is 0 Å². The van der Waals surface area contributed by atoms with Crippen LogP contribution in [0, 0.1) is 0 Å². The van der Waals surface area contributed by atoms with E-state index in [-0.39, 0.29) is 6.42 Å². The van der Waals surface area contributed by atoms with E-state index in [1.807, 2.05) is 0 Å². The zero-order chi connectivity index (χ0) is 23.9. The van der Waals surface area contributed by atoms with Gasteiger partial charge in [0.15, 0.2) is 0 Å². The Morgan fingerprint density at radius 2 is 1.06 bits per heavy atom. The van der Waals surface area contributed by atoms with E-state index < -0.39 is 42.5 Å². The molecule has 0 aliphatic carbocycles. The lowest BCUT2D eigenvalue weighted by atomic mass is 10.0. The van der Waals surface area contributed by atoms with Gasteiger partial charge in [-0.2, -0.15) is 0 Å². The van der Waals surface area contributed by atoms with E-state index in [1.165, 1.54) is 0 Å². The number of rotatable bonds is 6. The lowest BCUT2D eigenvalue weighted by Crippen LogP contribution is -2.53. The lowest BCUT2D eigenvalue weighted by Gasteiger charge is -2.38. The number of hydrogen-bond donors (Lipinski definition) is 0. The van der Waals surface area contributed by atoms with Gasteiger partial charge in [-0.05, 0) is 43.3 Å². The van der Waals surface area contributed by atoms with Gasteiger partial charge in [0.2, 0.25) is 12.4 Å². The largest absolute Gasteiger partial charge is 0.454 e. The fourth-order valence-electron chi connectivity index (χ4n) is 3.63. The van der Waals surface area contributed by atoms with Gasteiger partial charge in [0.05, 0.1) is 22.8 Å². The summed E-state index contributed by atoms with van der Waals surface area (Å²) in [5.41, 5.74) is 0.977. The Kier molecular flexibility index (Phi) is 7.34. The van der Waals surface area contributed by atoms with Crippen molar-refractivity contribution in [3.8, 4) is 0 Å². The third-order valence-corrected chi connectivity index (χ3v) is 5.32. The summed E-state index contributed by atoms with van der Waals surface area (Å²) < 4.78 is 22.9. The van der Waals surface area contributed by atoms with E-state index in [0.29, 0.717) is 16.7 Å². The second-order valence-electron chi connectivity index (χ2n) is 7.87. The first-order valence-electron chi connectivity index (χ1n) is 10.9. The van der Waals surface area contributed by atoms with Crippen molar-refractivity contribution in [3.05, 3.63) is 108 Å².